The van der Waals surface area contributed by atoms with Crippen molar-refractivity contribution in [1.82, 2.24) is 16.0 Å². The Balaban J connectivity index is 2.40. The monoisotopic (exact) mass is 331 g/mol. The van der Waals surface area contributed by atoms with Crippen molar-refractivity contribution in [2.75, 3.05) is 26.4 Å². The van der Waals surface area contributed by atoms with Crippen LogP contribution in [-0.4, -0.2) is 50.5 Å². The van der Waals surface area contributed by atoms with Crippen LogP contribution in [0, 0.1) is 11.3 Å². The highest BCUT2D eigenvalue weighted by Gasteiger charge is 2.35. The highest BCUT2D eigenvalue weighted by molar-refractivity contribution is 5.86. The molecule has 0 aliphatic carbocycles. The van der Waals surface area contributed by atoms with Crippen LogP contribution in [0.25, 0.3) is 0 Å². The van der Waals surface area contributed by atoms with Crippen LogP contribution < -0.4 is 16.0 Å². The second-order valence-electron chi connectivity index (χ2n) is 7.12. The first-order valence-electron chi connectivity index (χ1n) is 8.25. The Hall–Kier alpha value is -1.37. The molecule has 1 aliphatic rings. The third kappa shape index (κ3) is 6.72. The first kappa shape index (κ1) is 19.7. The van der Waals surface area contributed by atoms with Crippen molar-refractivity contribution in [2.24, 2.45) is 11.3 Å². The second-order valence-corrected chi connectivity index (χ2v) is 7.12. The van der Waals surface area contributed by atoms with Gasteiger partial charge in [-0.1, -0.05) is 20.8 Å². The number of halogens is 1. The molecular weight excluding hydrogens is 301 g/mol. The molecule has 6 nitrogen and oxygen atoms in total. The zero-order valence-corrected chi connectivity index (χ0v) is 14.6. The van der Waals surface area contributed by atoms with Gasteiger partial charge in [0.15, 0.2) is 0 Å². The van der Waals surface area contributed by atoms with E-state index in [9.17, 15) is 14.0 Å². The maximum absolute atomic E-state index is 12.0. The van der Waals surface area contributed by atoms with Crippen molar-refractivity contribution >= 4 is 11.9 Å². The molecule has 3 atom stereocenters. The number of hydrogen-bond donors (Lipinski definition) is 3. The minimum absolute atomic E-state index is 0.0167. The number of hydrogen-bond acceptors (Lipinski definition) is 3. The van der Waals surface area contributed by atoms with Gasteiger partial charge in [0.25, 0.3) is 0 Å². The van der Waals surface area contributed by atoms with Gasteiger partial charge in [-0.3, -0.25) is 4.79 Å². The standard InChI is InChI=1S/C16H30FN3O3/c1-11(14(21)18-8-7-17)20-15(22)19-10-12-6-5-9-23-13(12)16(2,3)4/h11-13H,5-10H2,1-4H3,(H,18,21)(H2,19,20,22)/t11-,12-,13+/m0/s1. The van der Waals surface area contributed by atoms with E-state index in [1.165, 1.54) is 0 Å². The Morgan fingerprint density at radius 1 is 1.30 bits per heavy atom. The van der Waals surface area contributed by atoms with Crippen molar-refractivity contribution in [3.05, 3.63) is 0 Å². The largest absolute Gasteiger partial charge is 0.377 e. The molecule has 1 rings (SSSR count). The molecular formula is C16H30FN3O3. The van der Waals surface area contributed by atoms with Crippen LogP contribution in [0.1, 0.15) is 40.5 Å². The fraction of sp³-hybridized carbons (Fsp3) is 0.875. The number of ether oxygens (including phenoxy) is 1. The lowest BCUT2D eigenvalue weighted by atomic mass is 9.78. The van der Waals surface area contributed by atoms with E-state index in [1.54, 1.807) is 6.92 Å². The van der Waals surface area contributed by atoms with Gasteiger partial charge >= 0.3 is 6.03 Å². The van der Waals surface area contributed by atoms with E-state index >= 15 is 0 Å². The number of nitrogens with one attached hydrogen (secondary N) is 3. The average molecular weight is 331 g/mol. The van der Waals surface area contributed by atoms with Crippen LogP contribution in [0.15, 0.2) is 0 Å². The smallest absolute Gasteiger partial charge is 0.315 e. The first-order valence-corrected chi connectivity index (χ1v) is 8.25. The lowest BCUT2D eigenvalue weighted by Crippen LogP contribution is -2.51. The quantitative estimate of drug-likeness (QED) is 0.692. The topological polar surface area (TPSA) is 79.5 Å². The maximum atomic E-state index is 12.0. The van der Waals surface area contributed by atoms with Crippen molar-refractivity contribution in [3.8, 4) is 0 Å². The van der Waals surface area contributed by atoms with Crippen LogP contribution in [0.5, 0.6) is 0 Å². The minimum Gasteiger partial charge on any atom is -0.377 e. The molecule has 1 heterocycles. The van der Waals surface area contributed by atoms with Crippen LogP contribution in [0.2, 0.25) is 0 Å². The molecule has 0 aromatic carbocycles. The van der Waals surface area contributed by atoms with Crippen LogP contribution in [-0.2, 0) is 9.53 Å². The summed E-state index contributed by atoms with van der Waals surface area (Å²) in [6.45, 7) is 8.56. The molecule has 1 fully saturated rings. The molecule has 0 bridgehead atoms. The molecule has 23 heavy (non-hydrogen) atoms. The van der Waals surface area contributed by atoms with E-state index in [2.05, 4.69) is 36.7 Å². The molecule has 0 aromatic heterocycles. The van der Waals surface area contributed by atoms with Gasteiger partial charge in [-0.15, -0.1) is 0 Å². The summed E-state index contributed by atoms with van der Waals surface area (Å²) in [5, 5.41) is 7.76. The van der Waals surface area contributed by atoms with Gasteiger partial charge in [0, 0.05) is 25.6 Å². The average Bonchev–Trinajstić information content (AvgIpc) is 2.49. The summed E-state index contributed by atoms with van der Waals surface area (Å²) in [6.07, 6.45) is 2.10. The van der Waals surface area contributed by atoms with E-state index in [1.807, 2.05) is 0 Å². The zero-order chi connectivity index (χ0) is 17.5. The Bertz CT molecular complexity index is 399. The van der Waals surface area contributed by atoms with Crippen LogP contribution >= 0.6 is 0 Å². The number of alkyl halides is 1. The summed E-state index contributed by atoms with van der Waals surface area (Å²) in [6, 6.07) is -1.10. The minimum atomic E-state index is -0.706. The first-order chi connectivity index (χ1) is 10.8. The number of urea groups is 1. The Morgan fingerprint density at radius 2 is 2.00 bits per heavy atom. The Labute approximate surface area is 137 Å². The van der Waals surface area contributed by atoms with E-state index in [-0.39, 0.29) is 24.0 Å². The van der Waals surface area contributed by atoms with Crippen molar-refractivity contribution in [2.45, 2.75) is 52.7 Å². The molecule has 1 aliphatic heterocycles. The van der Waals surface area contributed by atoms with E-state index in [0.717, 1.165) is 19.4 Å². The molecule has 0 aromatic rings. The number of rotatable bonds is 6. The van der Waals surface area contributed by atoms with Crippen molar-refractivity contribution in [3.63, 3.8) is 0 Å². The molecule has 0 radical (unpaired) electrons. The lowest BCUT2D eigenvalue weighted by Gasteiger charge is -2.40. The summed E-state index contributed by atoms with van der Waals surface area (Å²) < 4.78 is 17.9. The zero-order valence-electron chi connectivity index (χ0n) is 14.6. The predicted molar refractivity (Wildman–Crippen MR) is 86.9 cm³/mol. The van der Waals surface area contributed by atoms with E-state index in [4.69, 9.17) is 4.74 Å². The number of carbonyl (C=O) groups excluding carboxylic acids is 2. The molecule has 0 saturated carbocycles. The molecule has 0 unspecified atom stereocenters. The fourth-order valence-corrected chi connectivity index (χ4v) is 2.87. The van der Waals surface area contributed by atoms with Gasteiger partial charge in [-0.2, -0.15) is 0 Å². The van der Waals surface area contributed by atoms with E-state index in [0.29, 0.717) is 6.54 Å². The van der Waals surface area contributed by atoms with Crippen LogP contribution in [0.3, 0.4) is 0 Å². The highest BCUT2D eigenvalue weighted by Crippen LogP contribution is 2.33. The van der Waals surface area contributed by atoms with Gasteiger partial charge in [-0.05, 0) is 25.2 Å². The van der Waals surface area contributed by atoms with Crippen molar-refractivity contribution < 1.29 is 18.7 Å². The van der Waals surface area contributed by atoms with Crippen LogP contribution in [0.4, 0.5) is 9.18 Å². The summed E-state index contributed by atoms with van der Waals surface area (Å²) in [4.78, 5) is 23.5. The summed E-state index contributed by atoms with van der Waals surface area (Å²) in [5.74, 6) is -0.142. The normalized spacial score (nSPS) is 23.0. The van der Waals surface area contributed by atoms with Gasteiger partial charge in [-0.25, -0.2) is 9.18 Å². The Kier molecular flexibility index (Phi) is 7.75. The SMILES string of the molecule is C[C@H](NC(=O)NC[C@@H]1CCCO[C@H]1C(C)(C)C)C(=O)NCCF. The summed E-state index contributed by atoms with van der Waals surface area (Å²) in [5.41, 5.74) is 0.0167. The predicted octanol–water partition coefficient (Wildman–Crippen LogP) is 1.60. The Morgan fingerprint density at radius 3 is 2.61 bits per heavy atom. The lowest BCUT2D eigenvalue weighted by molar-refractivity contribution is -0.122. The molecule has 3 N–H and O–H groups in total. The summed E-state index contributed by atoms with van der Waals surface area (Å²) in [7, 11) is 0. The molecule has 3 amide bonds. The third-order valence-electron chi connectivity index (χ3n) is 3.96. The van der Waals surface area contributed by atoms with Gasteiger partial charge in [0.05, 0.1) is 6.10 Å². The maximum Gasteiger partial charge on any atom is 0.315 e. The van der Waals surface area contributed by atoms with Crippen molar-refractivity contribution in [1.29, 1.82) is 0 Å². The third-order valence-corrected chi connectivity index (χ3v) is 3.96. The summed E-state index contributed by atoms with van der Waals surface area (Å²) >= 11 is 0. The van der Waals surface area contributed by atoms with Gasteiger partial charge in [0.1, 0.15) is 12.7 Å². The molecule has 1 saturated heterocycles. The number of carbonyl (C=O) groups is 2. The number of amides is 3. The van der Waals surface area contributed by atoms with Gasteiger partial charge < -0.3 is 20.7 Å². The van der Waals surface area contributed by atoms with Gasteiger partial charge in [0.2, 0.25) is 5.91 Å². The molecule has 7 heteroatoms. The van der Waals surface area contributed by atoms with E-state index < -0.39 is 24.7 Å². The fourth-order valence-electron chi connectivity index (χ4n) is 2.87. The highest BCUT2D eigenvalue weighted by atomic mass is 19.1. The molecule has 134 valence electrons. The second kappa shape index (κ2) is 9.05. The molecule has 0 spiro atoms.